The van der Waals surface area contributed by atoms with Crippen LogP contribution in [0.4, 0.5) is 0 Å². The van der Waals surface area contributed by atoms with Crippen LogP contribution in [0, 0.1) is 13.8 Å². The molecule has 0 saturated heterocycles. The largest absolute Gasteiger partial charge is 0.496 e. The van der Waals surface area contributed by atoms with Crippen LogP contribution in [0.3, 0.4) is 0 Å². The number of methoxy groups -OCH3 is 1. The molecular formula is C24H25N3O4. The van der Waals surface area contributed by atoms with Gasteiger partial charge in [0.15, 0.2) is 0 Å². The third-order valence-electron chi connectivity index (χ3n) is 4.96. The third-order valence-corrected chi connectivity index (χ3v) is 4.96. The molecule has 0 bridgehead atoms. The molecule has 0 fully saturated rings. The van der Waals surface area contributed by atoms with Crippen molar-refractivity contribution in [3.05, 3.63) is 82.7 Å². The molecule has 2 aromatic carbocycles. The van der Waals surface area contributed by atoms with Gasteiger partial charge in [-0.2, -0.15) is 0 Å². The van der Waals surface area contributed by atoms with E-state index in [0.29, 0.717) is 29.2 Å². The van der Waals surface area contributed by atoms with Crippen LogP contribution in [-0.2, 0) is 6.54 Å². The van der Waals surface area contributed by atoms with Crippen LogP contribution in [0.1, 0.15) is 37.5 Å². The van der Waals surface area contributed by atoms with Gasteiger partial charge in [-0.05, 0) is 62.4 Å². The topological polar surface area (TPSA) is 94.8 Å². The second-order valence-corrected chi connectivity index (χ2v) is 7.22. The van der Waals surface area contributed by atoms with E-state index in [2.05, 4.69) is 4.98 Å². The fourth-order valence-electron chi connectivity index (χ4n) is 3.24. The van der Waals surface area contributed by atoms with Gasteiger partial charge < -0.3 is 20.1 Å². The number of nitrogens with zero attached hydrogens (tertiary/aromatic N) is 2. The quantitative estimate of drug-likeness (QED) is 0.627. The van der Waals surface area contributed by atoms with Crippen LogP contribution in [0.2, 0.25) is 0 Å². The van der Waals surface area contributed by atoms with Gasteiger partial charge in [0.2, 0.25) is 5.91 Å². The summed E-state index contributed by atoms with van der Waals surface area (Å²) >= 11 is 0. The van der Waals surface area contributed by atoms with Gasteiger partial charge in [-0.3, -0.25) is 14.6 Å². The number of carbonyl (C=O) groups excluding carboxylic acids is 2. The minimum Gasteiger partial charge on any atom is -0.496 e. The maximum Gasteiger partial charge on any atom is 0.253 e. The Morgan fingerprint density at radius 1 is 0.968 bits per heavy atom. The number of primary amides is 1. The number of rotatable bonds is 7. The van der Waals surface area contributed by atoms with Crippen molar-refractivity contribution in [2.24, 2.45) is 5.73 Å². The normalized spacial score (nSPS) is 10.5. The molecule has 0 saturated carbocycles. The Bertz CT molecular complexity index is 1090. The molecule has 31 heavy (non-hydrogen) atoms. The van der Waals surface area contributed by atoms with Crippen LogP contribution >= 0.6 is 0 Å². The summed E-state index contributed by atoms with van der Waals surface area (Å²) in [5.41, 5.74) is 8.85. The molecule has 0 radical (unpaired) electrons. The van der Waals surface area contributed by atoms with Gasteiger partial charge in [0.25, 0.3) is 5.91 Å². The van der Waals surface area contributed by atoms with Gasteiger partial charge in [0.1, 0.15) is 17.2 Å². The first-order chi connectivity index (χ1) is 14.8. The molecule has 1 aromatic heterocycles. The van der Waals surface area contributed by atoms with Crippen molar-refractivity contribution < 1.29 is 19.1 Å². The molecule has 0 atom stereocenters. The fraction of sp³-hybridized carbons (Fsp3) is 0.208. The Hall–Kier alpha value is -3.87. The Kier molecular flexibility index (Phi) is 6.55. The third kappa shape index (κ3) is 5.01. The molecule has 2 amide bonds. The van der Waals surface area contributed by atoms with Crippen LogP contribution in [0.25, 0.3) is 0 Å². The molecule has 3 aromatic rings. The smallest absolute Gasteiger partial charge is 0.253 e. The molecule has 0 spiro atoms. The maximum absolute atomic E-state index is 12.8. The highest BCUT2D eigenvalue weighted by Gasteiger charge is 2.16. The van der Waals surface area contributed by atoms with Crippen LogP contribution in [0.15, 0.2) is 54.7 Å². The maximum atomic E-state index is 12.8. The van der Waals surface area contributed by atoms with Gasteiger partial charge in [0, 0.05) is 35.5 Å². The summed E-state index contributed by atoms with van der Waals surface area (Å²) in [4.78, 5) is 30.0. The monoisotopic (exact) mass is 419 g/mol. The minimum atomic E-state index is -0.493. The van der Waals surface area contributed by atoms with E-state index < -0.39 is 5.91 Å². The standard InChI is InChI=1S/C24H25N3O4/c1-15-13-26-21(16(2)22(15)30-4)14-27(3)24(29)18-7-11-20(12-8-18)31-19-9-5-17(6-10-19)23(25)28/h5-13H,14H2,1-4H3,(H2,25,28). The van der Waals surface area contributed by atoms with Gasteiger partial charge >= 0.3 is 0 Å². The number of benzene rings is 2. The summed E-state index contributed by atoms with van der Waals surface area (Å²) in [5, 5.41) is 0. The lowest BCUT2D eigenvalue weighted by Crippen LogP contribution is -2.27. The molecule has 7 nitrogen and oxygen atoms in total. The van der Waals surface area contributed by atoms with Crippen LogP contribution in [0.5, 0.6) is 17.2 Å². The van der Waals surface area contributed by atoms with Crippen molar-refractivity contribution in [3.63, 3.8) is 0 Å². The highest BCUT2D eigenvalue weighted by atomic mass is 16.5. The van der Waals surface area contributed by atoms with E-state index in [1.54, 1.807) is 73.8 Å². The Balaban J connectivity index is 1.67. The zero-order chi connectivity index (χ0) is 22.5. The average Bonchev–Trinajstić information content (AvgIpc) is 2.76. The number of amides is 2. The molecule has 0 aliphatic carbocycles. The number of aromatic nitrogens is 1. The number of carbonyl (C=O) groups is 2. The number of aryl methyl sites for hydroxylation is 1. The first-order valence-electron chi connectivity index (χ1n) is 9.72. The zero-order valence-electron chi connectivity index (χ0n) is 18.0. The molecular weight excluding hydrogens is 394 g/mol. The molecule has 3 rings (SSSR count). The highest BCUT2D eigenvalue weighted by Crippen LogP contribution is 2.25. The first-order valence-corrected chi connectivity index (χ1v) is 9.72. The molecule has 0 unspecified atom stereocenters. The Labute approximate surface area is 181 Å². The number of hydrogen-bond acceptors (Lipinski definition) is 5. The van der Waals surface area contributed by atoms with Crippen molar-refractivity contribution in [3.8, 4) is 17.2 Å². The molecule has 0 aliphatic rings. The van der Waals surface area contributed by atoms with E-state index in [4.69, 9.17) is 15.2 Å². The van der Waals surface area contributed by atoms with Gasteiger partial charge in [-0.1, -0.05) is 0 Å². The lowest BCUT2D eigenvalue weighted by atomic mass is 10.1. The highest BCUT2D eigenvalue weighted by molar-refractivity contribution is 5.94. The van der Waals surface area contributed by atoms with E-state index in [1.807, 2.05) is 13.8 Å². The zero-order valence-corrected chi connectivity index (χ0v) is 18.0. The molecule has 2 N–H and O–H groups in total. The van der Waals surface area contributed by atoms with E-state index in [9.17, 15) is 9.59 Å². The molecule has 0 aliphatic heterocycles. The number of hydrogen-bond donors (Lipinski definition) is 1. The fourth-order valence-corrected chi connectivity index (χ4v) is 3.24. The predicted octanol–water partition coefficient (Wildman–Crippen LogP) is 3.87. The van der Waals surface area contributed by atoms with Crippen LogP contribution < -0.4 is 15.2 Å². The summed E-state index contributed by atoms with van der Waals surface area (Å²) in [6.45, 7) is 4.24. The summed E-state index contributed by atoms with van der Waals surface area (Å²) in [6, 6.07) is 13.4. The second-order valence-electron chi connectivity index (χ2n) is 7.22. The number of pyridine rings is 1. The van der Waals surface area contributed by atoms with Gasteiger partial charge in [-0.25, -0.2) is 0 Å². The van der Waals surface area contributed by atoms with Gasteiger partial charge in [0.05, 0.1) is 19.3 Å². The van der Waals surface area contributed by atoms with E-state index >= 15 is 0 Å². The van der Waals surface area contributed by atoms with Crippen molar-refractivity contribution in [2.75, 3.05) is 14.2 Å². The van der Waals surface area contributed by atoms with Crippen molar-refractivity contribution in [1.82, 2.24) is 9.88 Å². The van der Waals surface area contributed by atoms with Crippen molar-refractivity contribution >= 4 is 11.8 Å². The molecule has 7 heteroatoms. The van der Waals surface area contributed by atoms with E-state index in [0.717, 1.165) is 22.6 Å². The SMILES string of the molecule is COc1c(C)cnc(CN(C)C(=O)c2ccc(Oc3ccc(C(N)=O)cc3)cc2)c1C. The lowest BCUT2D eigenvalue weighted by Gasteiger charge is -2.19. The van der Waals surface area contributed by atoms with E-state index in [-0.39, 0.29) is 5.91 Å². The molecule has 160 valence electrons. The Morgan fingerprint density at radius 3 is 2.03 bits per heavy atom. The lowest BCUT2D eigenvalue weighted by molar-refractivity contribution is 0.0782. The number of nitrogens with two attached hydrogens (primary N) is 1. The summed E-state index contributed by atoms with van der Waals surface area (Å²) in [6.07, 6.45) is 1.75. The Morgan fingerprint density at radius 2 is 1.52 bits per heavy atom. The van der Waals surface area contributed by atoms with Crippen molar-refractivity contribution in [2.45, 2.75) is 20.4 Å². The average molecular weight is 419 g/mol. The summed E-state index contributed by atoms with van der Waals surface area (Å²) in [5.74, 6) is 1.31. The first kappa shape index (κ1) is 21.8. The van der Waals surface area contributed by atoms with Crippen LogP contribution in [-0.4, -0.2) is 35.9 Å². The second kappa shape index (κ2) is 9.30. The van der Waals surface area contributed by atoms with Gasteiger partial charge in [-0.15, -0.1) is 0 Å². The van der Waals surface area contributed by atoms with Crippen molar-refractivity contribution in [1.29, 1.82) is 0 Å². The molecule has 1 heterocycles. The predicted molar refractivity (Wildman–Crippen MR) is 118 cm³/mol. The summed E-state index contributed by atoms with van der Waals surface area (Å²) in [7, 11) is 3.37. The minimum absolute atomic E-state index is 0.127. The number of ether oxygens (including phenoxy) is 2. The summed E-state index contributed by atoms with van der Waals surface area (Å²) < 4.78 is 11.2. The van der Waals surface area contributed by atoms with E-state index in [1.165, 1.54) is 0 Å².